The molecule has 1 saturated carbocycles. The van der Waals surface area contributed by atoms with Gasteiger partial charge < -0.3 is 11.1 Å². The molecule has 0 aromatic heterocycles. The van der Waals surface area contributed by atoms with Crippen LogP contribution in [0, 0.1) is 18.7 Å². The summed E-state index contributed by atoms with van der Waals surface area (Å²) in [6, 6.07) is 4.28. The molecule has 0 aliphatic heterocycles. The Morgan fingerprint density at radius 2 is 2.18 bits per heavy atom. The van der Waals surface area contributed by atoms with E-state index in [1.54, 1.807) is 19.9 Å². The molecule has 0 radical (unpaired) electrons. The van der Waals surface area contributed by atoms with Gasteiger partial charge in [0.1, 0.15) is 5.82 Å². The number of carbonyl (C=O) groups excluding carboxylic acids is 1. The number of anilines is 1. The number of hydrogen-bond acceptors (Lipinski definition) is 2. The smallest absolute Gasteiger partial charge is 0.244 e. The van der Waals surface area contributed by atoms with Crippen molar-refractivity contribution in [3.05, 3.63) is 29.6 Å². The molecule has 1 fully saturated rings. The fourth-order valence-corrected chi connectivity index (χ4v) is 1.89. The zero-order chi connectivity index (χ0) is 12.6. The van der Waals surface area contributed by atoms with Crippen molar-refractivity contribution in [1.29, 1.82) is 0 Å². The van der Waals surface area contributed by atoms with Crippen molar-refractivity contribution in [2.45, 2.75) is 32.2 Å². The molecule has 2 rings (SSSR count). The van der Waals surface area contributed by atoms with Gasteiger partial charge in [0.25, 0.3) is 0 Å². The summed E-state index contributed by atoms with van der Waals surface area (Å²) < 4.78 is 12.9. The molecule has 1 amide bonds. The number of halogens is 1. The van der Waals surface area contributed by atoms with Gasteiger partial charge in [-0.15, -0.1) is 0 Å². The van der Waals surface area contributed by atoms with Gasteiger partial charge in [-0.2, -0.15) is 0 Å². The van der Waals surface area contributed by atoms with Crippen LogP contribution in [-0.4, -0.2) is 11.4 Å². The van der Waals surface area contributed by atoms with Crippen LogP contribution in [0.5, 0.6) is 0 Å². The van der Waals surface area contributed by atoms with Crippen LogP contribution in [0.15, 0.2) is 18.2 Å². The van der Waals surface area contributed by atoms with Crippen molar-refractivity contribution < 1.29 is 9.18 Å². The van der Waals surface area contributed by atoms with Crippen LogP contribution in [0.3, 0.4) is 0 Å². The van der Waals surface area contributed by atoms with Gasteiger partial charge in [-0.05, 0) is 56.4 Å². The summed E-state index contributed by atoms with van der Waals surface area (Å²) in [7, 11) is 0. The molecule has 0 saturated heterocycles. The molecule has 1 unspecified atom stereocenters. The average Bonchev–Trinajstić information content (AvgIpc) is 3.05. The van der Waals surface area contributed by atoms with E-state index in [0.29, 0.717) is 11.3 Å². The van der Waals surface area contributed by atoms with E-state index in [1.807, 2.05) is 0 Å². The van der Waals surface area contributed by atoms with Crippen molar-refractivity contribution in [3.63, 3.8) is 0 Å². The normalized spacial score (nSPS) is 18.6. The summed E-state index contributed by atoms with van der Waals surface area (Å²) in [5.74, 6) is -0.240. The Labute approximate surface area is 100 Å². The van der Waals surface area contributed by atoms with E-state index in [2.05, 4.69) is 5.32 Å². The first-order chi connectivity index (χ1) is 7.91. The molecule has 1 atom stereocenters. The molecule has 17 heavy (non-hydrogen) atoms. The summed E-state index contributed by atoms with van der Waals surface area (Å²) >= 11 is 0. The predicted octanol–water partition coefficient (Wildman–Crippen LogP) is 2.20. The van der Waals surface area contributed by atoms with Gasteiger partial charge in [0.05, 0.1) is 5.54 Å². The standard InChI is InChI=1S/C13H17FN2O/c1-8-7-10(14)5-6-11(8)16-12(17)13(2,15)9-3-4-9/h5-7,9H,3-4,15H2,1-2H3,(H,16,17). The van der Waals surface area contributed by atoms with E-state index < -0.39 is 5.54 Å². The monoisotopic (exact) mass is 236 g/mol. The van der Waals surface area contributed by atoms with E-state index in [9.17, 15) is 9.18 Å². The lowest BCUT2D eigenvalue weighted by Crippen LogP contribution is -2.50. The van der Waals surface area contributed by atoms with Crippen LogP contribution in [0.4, 0.5) is 10.1 Å². The Kier molecular flexibility index (Phi) is 2.91. The summed E-state index contributed by atoms with van der Waals surface area (Å²) in [4.78, 5) is 12.0. The first kappa shape index (κ1) is 12.0. The summed E-state index contributed by atoms with van der Waals surface area (Å²) in [5.41, 5.74) is 6.49. The highest BCUT2D eigenvalue weighted by Crippen LogP contribution is 2.38. The lowest BCUT2D eigenvalue weighted by molar-refractivity contribution is -0.121. The van der Waals surface area contributed by atoms with E-state index in [1.165, 1.54) is 12.1 Å². The van der Waals surface area contributed by atoms with Crippen molar-refractivity contribution in [3.8, 4) is 0 Å². The van der Waals surface area contributed by atoms with Gasteiger partial charge in [-0.25, -0.2) is 4.39 Å². The number of nitrogens with two attached hydrogens (primary N) is 1. The Morgan fingerprint density at radius 3 is 2.71 bits per heavy atom. The van der Waals surface area contributed by atoms with Gasteiger partial charge in [-0.3, -0.25) is 4.79 Å². The van der Waals surface area contributed by atoms with E-state index >= 15 is 0 Å². The highest BCUT2D eigenvalue weighted by atomic mass is 19.1. The highest BCUT2D eigenvalue weighted by molar-refractivity contribution is 5.98. The van der Waals surface area contributed by atoms with Gasteiger partial charge in [0.2, 0.25) is 5.91 Å². The number of hydrogen-bond donors (Lipinski definition) is 2. The van der Waals surface area contributed by atoms with E-state index in [0.717, 1.165) is 12.8 Å². The number of rotatable bonds is 3. The van der Waals surface area contributed by atoms with E-state index in [-0.39, 0.29) is 17.6 Å². The second kappa shape index (κ2) is 4.11. The second-order valence-corrected chi connectivity index (χ2v) is 4.97. The molecular weight excluding hydrogens is 219 g/mol. The molecule has 1 aromatic carbocycles. The Bertz CT molecular complexity index is 453. The van der Waals surface area contributed by atoms with E-state index in [4.69, 9.17) is 5.73 Å². The minimum Gasteiger partial charge on any atom is -0.324 e. The lowest BCUT2D eigenvalue weighted by Gasteiger charge is -2.23. The minimum atomic E-state index is -0.833. The minimum absolute atomic E-state index is 0.199. The Balaban J connectivity index is 2.12. The molecule has 92 valence electrons. The molecular formula is C13H17FN2O. The predicted molar refractivity (Wildman–Crippen MR) is 65.1 cm³/mol. The SMILES string of the molecule is Cc1cc(F)ccc1NC(=O)C(C)(N)C1CC1. The fourth-order valence-electron chi connectivity index (χ4n) is 1.89. The van der Waals surface area contributed by atoms with Crippen molar-refractivity contribution >= 4 is 11.6 Å². The van der Waals surface area contributed by atoms with Crippen LogP contribution in [-0.2, 0) is 4.79 Å². The Morgan fingerprint density at radius 1 is 1.53 bits per heavy atom. The van der Waals surface area contributed by atoms with Gasteiger partial charge in [0.15, 0.2) is 0 Å². The van der Waals surface area contributed by atoms with Crippen LogP contribution in [0.25, 0.3) is 0 Å². The van der Waals surface area contributed by atoms with Crippen molar-refractivity contribution in [2.24, 2.45) is 11.7 Å². The number of nitrogens with one attached hydrogen (secondary N) is 1. The van der Waals surface area contributed by atoms with Crippen molar-refractivity contribution in [1.82, 2.24) is 0 Å². The molecule has 1 aliphatic rings. The molecule has 0 bridgehead atoms. The third-order valence-corrected chi connectivity index (χ3v) is 3.35. The topological polar surface area (TPSA) is 55.1 Å². The second-order valence-electron chi connectivity index (χ2n) is 4.97. The number of carbonyl (C=O) groups is 1. The van der Waals surface area contributed by atoms with Crippen LogP contribution < -0.4 is 11.1 Å². The molecule has 3 N–H and O–H groups in total. The summed E-state index contributed by atoms with van der Waals surface area (Å²) in [5, 5.41) is 2.77. The van der Waals surface area contributed by atoms with Crippen LogP contribution >= 0.6 is 0 Å². The zero-order valence-electron chi connectivity index (χ0n) is 10.1. The van der Waals surface area contributed by atoms with Crippen LogP contribution in [0.2, 0.25) is 0 Å². The highest BCUT2D eigenvalue weighted by Gasteiger charge is 2.44. The van der Waals surface area contributed by atoms with Crippen molar-refractivity contribution in [2.75, 3.05) is 5.32 Å². The summed E-state index contributed by atoms with van der Waals surface area (Å²) in [6.07, 6.45) is 2.01. The van der Waals surface area contributed by atoms with Gasteiger partial charge in [-0.1, -0.05) is 0 Å². The zero-order valence-corrected chi connectivity index (χ0v) is 10.1. The molecule has 1 aromatic rings. The molecule has 3 nitrogen and oxygen atoms in total. The first-order valence-electron chi connectivity index (χ1n) is 5.77. The maximum absolute atomic E-state index is 12.9. The molecule has 4 heteroatoms. The Hall–Kier alpha value is -1.42. The largest absolute Gasteiger partial charge is 0.324 e. The number of aryl methyl sites for hydroxylation is 1. The first-order valence-corrected chi connectivity index (χ1v) is 5.77. The lowest BCUT2D eigenvalue weighted by atomic mass is 9.96. The molecule has 0 heterocycles. The van der Waals surface area contributed by atoms with Crippen LogP contribution in [0.1, 0.15) is 25.3 Å². The molecule has 1 aliphatic carbocycles. The fraction of sp³-hybridized carbons (Fsp3) is 0.462. The average molecular weight is 236 g/mol. The number of amides is 1. The third kappa shape index (κ3) is 2.47. The third-order valence-electron chi connectivity index (χ3n) is 3.35. The maximum atomic E-state index is 12.9. The number of benzene rings is 1. The quantitative estimate of drug-likeness (QED) is 0.845. The molecule has 0 spiro atoms. The maximum Gasteiger partial charge on any atom is 0.244 e. The van der Waals surface area contributed by atoms with Gasteiger partial charge >= 0.3 is 0 Å². The van der Waals surface area contributed by atoms with Gasteiger partial charge in [0, 0.05) is 5.69 Å². The summed E-state index contributed by atoms with van der Waals surface area (Å²) in [6.45, 7) is 3.50.